The van der Waals surface area contributed by atoms with E-state index in [1.54, 1.807) is 18.2 Å². The average Bonchev–Trinajstić information content (AvgIpc) is 2.93. The molecule has 0 bridgehead atoms. The number of urea groups is 1. The number of aliphatic carboxylic acids is 1. The van der Waals surface area contributed by atoms with Crippen molar-refractivity contribution in [2.45, 2.75) is 44.2 Å². The van der Waals surface area contributed by atoms with Gasteiger partial charge >= 0.3 is 18.2 Å². The predicted molar refractivity (Wildman–Crippen MR) is 142 cm³/mol. The Morgan fingerprint density at radius 1 is 0.975 bits per heavy atom. The molecule has 1 aliphatic heterocycles. The molecule has 1 aliphatic carbocycles. The van der Waals surface area contributed by atoms with Crippen molar-refractivity contribution in [1.29, 1.82) is 0 Å². The molecule has 0 spiro atoms. The highest BCUT2D eigenvalue weighted by atomic mass is 19.4. The second-order valence-corrected chi connectivity index (χ2v) is 10.2. The Bertz CT molecular complexity index is 1400. The third-order valence-corrected chi connectivity index (χ3v) is 7.64. The number of fused-ring (bicyclic) bond motifs is 1. The Morgan fingerprint density at radius 3 is 2.35 bits per heavy atom. The first kappa shape index (κ1) is 27.5. The number of carboxylic acid groups (broad SMARTS) is 1. The van der Waals surface area contributed by atoms with Crippen LogP contribution < -0.4 is 15.0 Å². The van der Waals surface area contributed by atoms with E-state index in [-0.39, 0.29) is 25.5 Å². The number of anilines is 2. The number of ether oxygens (including phenoxy) is 1. The SMILES string of the molecule is O=C(O)C[C@H]1CC[C@H](c2ccc(-c3ccc4c(c3)OCCN4C(=O)Nc3c(F)cccc3C(F)(F)F)cc2)CC1. The van der Waals surface area contributed by atoms with E-state index >= 15 is 0 Å². The van der Waals surface area contributed by atoms with Crippen LogP contribution in [-0.2, 0) is 11.0 Å². The highest BCUT2D eigenvalue weighted by Crippen LogP contribution is 2.40. The fraction of sp³-hybridized carbons (Fsp3) is 0.333. The van der Waals surface area contributed by atoms with Crippen LogP contribution in [-0.4, -0.2) is 30.3 Å². The van der Waals surface area contributed by atoms with Gasteiger partial charge in [-0.05, 0) is 78.5 Å². The van der Waals surface area contributed by atoms with Gasteiger partial charge in [-0.1, -0.05) is 36.4 Å². The number of nitrogens with one attached hydrogen (secondary N) is 1. The van der Waals surface area contributed by atoms with Gasteiger partial charge in [-0.2, -0.15) is 13.2 Å². The summed E-state index contributed by atoms with van der Waals surface area (Å²) in [6.07, 6.45) is -0.891. The van der Waals surface area contributed by atoms with Crippen molar-refractivity contribution >= 4 is 23.4 Å². The highest BCUT2D eigenvalue weighted by molar-refractivity contribution is 6.03. The molecule has 10 heteroatoms. The molecule has 2 N–H and O–H groups in total. The molecule has 3 aromatic rings. The van der Waals surface area contributed by atoms with Crippen LogP contribution in [0, 0.1) is 11.7 Å². The lowest BCUT2D eigenvalue weighted by Gasteiger charge is -2.30. The molecule has 6 nitrogen and oxygen atoms in total. The number of hydrogen-bond donors (Lipinski definition) is 2. The Hall–Kier alpha value is -4.08. The third kappa shape index (κ3) is 5.90. The van der Waals surface area contributed by atoms with E-state index in [1.165, 1.54) is 10.5 Å². The number of alkyl halides is 3. The van der Waals surface area contributed by atoms with Gasteiger partial charge in [0, 0.05) is 6.42 Å². The number of carboxylic acids is 1. The highest BCUT2D eigenvalue weighted by Gasteiger charge is 2.36. The van der Waals surface area contributed by atoms with Gasteiger partial charge in [0.1, 0.15) is 18.2 Å². The number of carbonyl (C=O) groups excluding carboxylic acids is 1. The minimum atomic E-state index is -4.84. The van der Waals surface area contributed by atoms with Crippen LogP contribution in [0.5, 0.6) is 5.75 Å². The van der Waals surface area contributed by atoms with Crippen molar-refractivity contribution < 1.29 is 37.0 Å². The maximum atomic E-state index is 14.3. The van der Waals surface area contributed by atoms with Crippen LogP contribution in [0.3, 0.4) is 0 Å². The summed E-state index contributed by atoms with van der Waals surface area (Å²) in [7, 11) is 0. The summed E-state index contributed by atoms with van der Waals surface area (Å²) in [6.45, 7) is 0.203. The van der Waals surface area contributed by atoms with Crippen molar-refractivity contribution in [3.63, 3.8) is 0 Å². The van der Waals surface area contributed by atoms with E-state index in [0.29, 0.717) is 23.4 Å². The molecule has 3 aromatic carbocycles. The topological polar surface area (TPSA) is 78.9 Å². The minimum Gasteiger partial charge on any atom is -0.490 e. The summed E-state index contributed by atoms with van der Waals surface area (Å²) < 4.78 is 60.2. The molecule has 0 atom stereocenters. The Morgan fingerprint density at radius 2 is 1.68 bits per heavy atom. The number of rotatable bonds is 5. The smallest absolute Gasteiger partial charge is 0.418 e. The molecule has 0 saturated heterocycles. The molecule has 40 heavy (non-hydrogen) atoms. The maximum absolute atomic E-state index is 14.3. The summed E-state index contributed by atoms with van der Waals surface area (Å²) in [5, 5.41) is 11.1. The van der Waals surface area contributed by atoms with Crippen LogP contribution in [0.2, 0.25) is 0 Å². The molecule has 1 saturated carbocycles. The monoisotopic (exact) mass is 556 g/mol. The van der Waals surface area contributed by atoms with Crippen LogP contribution in [0.1, 0.15) is 49.1 Å². The first-order valence-corrected chi connectivity index (χ1v) is 13.1. The summed E-state index contributed by atoms with van der Waals surface area (Å²) in [5.41, 5.74) is 1.17. The summed E-state index contributed by atoms with van der Waals surface area (Å²) in [5.74, 6) is -0.895. The minimum absolute atomic E-state index is 0.0807. The standard InChI is InChI=1S/C30H28F4N2O4/c31-24-3-1-2-23(30(32,33)34)28(24)35-29(39)36-14-15-40-26-17-22(12-13-25(26)36)21-10-8-20(9-11-21)19-6-4-18(5-7-19)16-27(37)38/h1-3,8-13,17-19H,4-7,14-16H2,(H,35,39)(H,37,38)/t18-,19-. The molecule has 2 aliphatic rings. The molecule has 2 amide bonds. The second kappa shape index (κ2) is 11.2. The van der Waals surface area contributed by atoms with E-state index in [0.717, 1.165) is 48.9 Å². The van der Waals surface area contributed by atoms with Gasteiger partial charge < -0.3 is 15.2 Å². The van der Waals surface area contributed by atoms with Crippen LogP contribution in [0.4, 0.5) is 33.7 Å². The lowest BCUT2D eigenvalue weighted by atomic mass is 9.77. The van der Waals surface area contributed by atoms with Crippen molar-refractivity contribution in [3.8, 4) is 16.9 Å². The lowest BCUT2D eigenvalue weighted by molar-refractivity contribution is -0.138. The van der Waals surface area contributed by atoms with Gasteiger partial charge in [0.05, 0.1) is 23.5 Å². The van der Waals surface area contributed by atoms with E-state index in [4.69, 9.17) is 9.84 Å². The van der Waals surface area contributed by atoms with Crippen LogP contribution in [0.25, 0.3) is 11.1 Å². The number of halogens is 4. The Labute approximate surface area is 228 Å². The molecule has 5 rings (SSSR count). The largest absolute Gasteiger partial charge is 0.490 e. The van der Waals surface area contributed by atoms with Gasteiger partial charge in [0.25, 0.3) is 0 Å². The number of nitrogens with zero attached hydrogens (tertiary/aromatic N) is 1. The zero-order chi connectivity index (χ0) is 28.4. The quantitative estimate of drug-likeness (QED) is 0.316. The number of benzene rings is 3. The van der Waals surface area contributed by atoms with Gasteiger partial charge in [0.15, 0.2) is 0 Å². The molecule has 0 aromatic heterocycles. The molecular formula is C30H28F4N2O4. The fourth-order valence-corrected chi connectivity index (χ4v) is 5.57. The van der Waals surface area contributed by atoms with Crippen LogP contribution in [0.15, 0.2) is 60.7 Å². The van der Waals surface area contributed by atoms with E-state index in [9.17, 15) is 27.2 Å². The zero-order valence-electron chi connectivity index (χ0n) is 21.5. The predicted octanol–water partition coefficient (Wildman–Crippen LogP) is 7.69. The first-order valence-electron chi connectivity index (χ1n) is 13.1. The van der Waals surface area contributed by atoms with Gasteiger partial charge in [-0.15, -0.1) is 0 Å². The molecule has 0 unspecified atom stereocenters. The summed E-state index contributed by atoms with van der Waals surface area (Å²) in [4.78, 5) is 25.2. The Balaban J connectivity index is 1.30. The molecule has 210 valence electrons. The summed E-state index contributed by atoms with van der Waals surface area (Å²) in [6, 6.07) is 15.0. The molecular weight excluding hydrogens is 528 g/mol. The van der Waals surface area contributed by atoms with Crippen molar-refractivity contribution in [1.82, 2.24) is 0 Å². The number of carbonyl (C=O) groups is 2. The molecule has 1 fully saturated rings. The lowest BCUT2D eigenvalue weighted by Crippen LogP contribution is -2.41. The first-order chi connectivity index (χ1) is 19.1. The van der Waals surface area contributed by atoms with E-state index in [2.05, 4.69) is 17.4 Å². The van der Waals surface area contributed by atoms with E-state index in [1.807, 2.05) is 12.1 Å². The fourth-order valence-electron chi connectivity index (χ4n) is 5.57. The van der Waals surface area contributed by atoms with Crippen molar-refractivity contribution in [2.75, 3.05) is 23.4 Å². The Kier molecular flexibility index (Phi) is 7.69. The van der Waals surface area contributed by atoms with Gasteiger partial charge in [-0.25, -0.2) is 9.18 Å². The van der Waals surface area contributed by atoms with Gasteiger partial charge in [-0.3, -0.25) is 9.69 Å². The second-order valence-electron chi connectivity index (χ2n) is 10.2. The van der Waals surface area contributed by atoms with Gasteiger partial charge in [0.2, 0.25) is 0 Å². The van der Waals surface area contributed by atoms with Crippen LogP contribution >= 0.6 is 0 Å². The normalized spacial score (nSPS) is 18.9. The molecule has 0 radical (unpaired) electrons. The van der Waals surface area contributed by atoms with Crippen molar-refractivity contribution in [2.24, 2.45) is 5.92 Å². The third-order valence-electron chi connectivity index (χ3n) is 7.64. The number of para-hydroxylation sites is 1. The number of amides is 2. The maximum Gasteiger partial charge on any atom is 0.418 e. The average molecular weight is 557 g/mol. The summed E-state index contributed by atoms with van der Waals surface area (Å²) >= 11 is 0. The van der Waals surface area contributed by atoms with Crippen molar-refractivity contribution in [3.05, 3.63) is 77.6 Å². The van der Waals surface area contributed by atoms with E-state index < -0.39 is 35.2 Å². The molecule has 1 heterocycles. The number of hydrogen-bond acceptors (Lipinski definition) is 3. The zero-order valence-corrected chi connectivity index (χ0v) is 21.5.